The number of nitrogens with one attached hydrogen (secondary N) is 2. The van der Waals surface area contributed by atoms with E-state index in [2.05, 4.69) is 17.6 Å². The van der Waals surface area contributed by atoms with E-state index in [4.69, 9.17) is 4.74 Å². The van der Waals surface area contributed by atoms with Gasteiger partial charge in [-0.05, 0) is 39.3 Å². The molecule has 0 aliphatic heterocycles. The van der Waals surface area contributed by atoms with Gasteiger partial charge >= 0.3 is 0 Å². The molecular weight excluding hydrogens is 164 g/mol. The van der Waals surface area contributed by atoms with Gasteiger partial charge in [0.2, 0.25) is 0 Å². The quantitative estimate of drug-likeness (QED) is 0.549. The molecule has 0 saturated heterocycles. The molecule has 3 heteroatoms. The number of methoxy groups -OCH3 is 1. The van der Waals surface area contributed by atoms with Crippen molar-refractivity contribution in [2.45, 2.75) is 38.3 Å². The van der Waals surface area contributed by atoms with Crippen molar-refractivity contribution in [3.63, 3.8) is 0 Å². The Kier molecular flexibility index (Phi) is 5.35. The van der Waals surface area contributed by atoms with Crippen LogP contribution < -0.4 is 10.6 Å². The summed E-state index contributed by atoms with van der Waals surface area (Å²) in [4.78, 5) is 0. The summed E-state index contributed by atoms with van der Waals surface area (Å²) in [7, 11) is 1.75. The van der Waals surface area contributed by atoms with Gasteiger partial charge in [-0.1, -0.05) is 0 Å². The molecule has 0 spiro atoms. The van der Waals surface area contributed by atoms with Crippen molar-refractivity contribution in [1.29, 1.82) is 0 Å². The fourth-order valence-electron chi connectivity index (χ4n) is 1.20. The van der Waals surface area contributed by atoms with Crippen LogP contribution in [0.5, 0.6) is 0 Å². The van der Waals surface area contributed by atoms with Crippen molar-refractivity contribution in [1.82, 2.24) is 10.6 Å². The first kappa shape index (κ1) is 11.0. The maximum Gasteiger partial charge on any atom is 0.0667 e. The highest BCUT2D eigenvalue weighted by Gasteiger charge is 2.19. The lowest BCUT2D eigenvalue weighted by atomic mass is 10.3. The average Bonchev–Trinajstić information content (AvgIpc) is 2.94. The Morgan fingerprint density at radius 2 is 2.15 bits per heavy atom. The minimum Gasteiger partial charge on any atom is -0.380 e. The zero-order valence-electron chi connectivity index (χ0n) is 8.81. The van der Waals surface area contributed by atoms with E-state index in [0.717, 1.165) is 25.7 Å². The van der Waals surface area contributed by atoms with E-state index in [1.807, 2.05) is 0 Å². The van der Waals surface area contributed by atoms with Crippen LogP contribution in [0.3, 0.4) is 0 Å². The molecule has 1 unspecified atom stereocenters. The first-order chi connectivity index (χ1) is 6.33. The van der Waals surface area contributed by atoms with E-state index >= 15 is 0 Å². The third-order valence-corrected chi connectivity index (χ3v) is 2.37. The third-order valence-electron chi connectivity index (χ3n) is 2.37. The Morgan fingerprint density at radius 1 is 1.38 bits per heavy atom. The standard InChI is InChI=1S/C10H22N2O/c1-9(13-2)8-11-6-3-7-12-10-4-5-10/h9-12H,3-8H2,1-2H3. The van der Waals surface area contributed by atoms with Gasteiger partial charge in [0, 0.05) is 19.7 Å². The number of hydrogen-bond acceptors (Lipinski definition) is 3. The molecule has 0 radical (unpaired) electrons. The molecule has 0 heterocycles. The maximum atomic E-state index is 5.13. The molecule has 3 nitrogen and oxygen atoms in total. The molecule has 0 aromatic rings. The van der Waals surface area contributed by atoms with Crippen molar-refractivity contribution in [3.8, 4) is 0 Å². The van der Waals surface area contributed by atoms with Crippen LogP contribution >= 0.6 is 0 Å². The molecular formula is C10H22N2O. The van der Waals surface area contributed by atoms with E-state index in [0.29, 0.717) is 6.10 Å². The molecule has 0 aromatic carbocycles. The molecule has 78 valence electrons. The van der Waals surface area contributed by atoms with E-state index in [1.165, 1.54) is 19.3 Å². The van der Waals surface area contributed by atoms with Gasteiger partial charge in [0.25, 0.3) is 0 Å². The van der Waals surface area contributed by atoms with Crippen molar-refractivity contribution >= 4 is 0 Å². The van der Waals surface area contributed by atoms with E-state index in [-0.39, 0.29) is 0 Å². The van der Waals surface area contributed by atoms with Gasteiger partial charge in [-0.15, -0.1) is 0 Å². The number of ether oxygens (including phenoxy) is 1. The summed E-state index contributed by atoms with van der Waals surface area (Å²) < 4.78 is 5.13. The Hall–Kier alpha value is -0.120. The summed E-state index contributed by atoms with van der Waals surface area (Å²) in [6.07, 6.45) is 4.31. The predicted molar refractivity (Wildman–Crippen MR) is 55.0 cm³/mol. The fraction of sp³-hybridized carbons (Fsp3) is 1.00. The Balaban J connectivity index is 1.72. The molecule has 13 heavy (non-hydrogen) atoms. The van der Waals surface area contributed by atoms with Gasteiger partial charge in [-0.2, -0.15) is 0 Å². The Labute approximate surface area is 81.2 Å². The summed E-state index contributed by atoms with van der Waals surface area (Å²) in [5.74, 6) is 0. The van der Waals surface area contributed by atoms with Crippen molar-refractivity contribution in [2.75, 3.05) is 26.7 Å². The minimum absolute atomic E-state index is 0.330. The fourth-order valence-corrected chi connectivity index (χ4v) is 1.20. The zero-order valence-corrected chi connectivity index (χ0v) is 8.81. The SMILES string of the molecule is COC(C)CNCCCNC1CC1. The lowest BCUT2D eigenvalue weighted by Crippen LogP contribution is -2.29. The number of rotatable bonds is 8. The molecule has 0 aromatic heterocycles. The lowest BCUT2D eigenvalue weighted by molar-refractivity contribution is 0.117. The Bertz CT molecular complexity index is 126. The molecule has 0 amide bonds. The van der Waals surface area contributed by atoms with E-state index in [9.17, 15) is 0 Å². The van der Waals surface area contributed by atoms with Crippen LogP contribution in [0.2, 0.25) is 0 Å². The molecule has 1 aliphatic carbocycles. The molecule has 1 aliphatic rings. The highest BCUT2D eigenvalue weighted by atomic mass is 16.5. The van der Waals surface area contributed by atoms with E-state index in [1.54, 1.807) is 7.11 Å². The second-order valence-corrected chi connectivity index (χ2v) is 3.83. The topological polar surface area (TPSA) is 33.3 Å². The summed E-state index contributed by atoms with van der Waals surface area (Å²) in [6.45, 7) is 5.28. The first-order valence-electron chi connectivity index (χ1n) is 5.30. The molecule has 1 saturated carbocycles. The van der Waals surface area contributed by atoms with Crippen LogP contribution in [0, 0.1) is 0 Å². The molecule has 0 bridgehead atoms. The summed E-state index contributed by atoms with van der Waals surface area (Å²) in [6, 6.07) is 0.845. The van der Waals surface area contributed by atoms with Crippen LogP contribution in [-0.2, 0) is 4.74 Å². The zero-order chi connectivity index (χ0) is 9.52. The molecule has 2 N–H and O–H groups in total. The van der Waals surface area contributed by atoms with Gasteiger partial charge in [0.15, 0.2) is 0 Å². The van der Waals surface area contributed by atoms with Crippen molar-refractivity contribution in [3.05, 3.63) is 0 Å². The predicted octanol–water partition coefficient (Wildman–Crippen LogP) is 0.753. The second-order valence-electron chi connectivity index (χ2n) is 3.83. The van der Waals surface area contributed by atoms with Crippen LogP contribution in [-0.4, -0.2) is 38.9 Å². The van der Waals surface area contributed by atoms with Crippen LogP contribution in [0.1, 0.15) is 26.2 Å². The average molecular weight is 186 g/mol. The van der Waals surface area contributed by atoms with Crippen LogP contribution in [0.25, 0.3) is 0 Å². The van der Waals surface area contributed by atoms with Gasteiger partial charge in [-0.3, -0.25) is 0 Å². The summed E-state index contributed by atoms with van der Waals surface area (Å²) >= 11 is 0. The van der Waals surface area contributed by atoms with Crippen LogP contribution in [0.15, 0.2) is 0 Å². The van der Waals surface area contributed by atoms with Gasteiger partial charge in [0.05, 0.1) is 6.10 Å². The Morgan fingerprint density at radius 3 is 2.77 bits per heavy atom. The lowest BCUT2D eigenvalue weighted by Gasteiger charge is -2.10. The first-order valence-corrected chi connectivity index (χ1v) is 5.30. The smallest absolute Gasteiger partial charge is 0.0667 e. The normalized spacial score (nSPS) is 18.9. The monoisotopic (exact) mass is 186 g/mol. The second kappa shape index (κ2) is 6.35. The van der Waals surface area contributed by atoms with Gasteiger partial charge in [0.1, 0.15) is 0 Å². The maximum absolute atomic E-state index is 5.13. The molecule has 1 rings (SSSR count). The minimum atomic E-state index is 0.330. The van der Waals surface area contributed by atoms with Gasteiger partial charge in [-0.25, -0.2) is 0 Å². The number of hydrogen-bond donors (Lipinski definition) is 2. The van der Waals surface area contributed by atoms with Gasteiger partial charge < -0.3 is 15.4 Å². The summed E-state index contributed by atoms with van der Waals surface area (Å²) in [5.41, 5.74) is 0. The highest BCUT2D eigenvalue weighted by molar-refractivity contribution is 4.80. The third kappa shape index (κ3) is 6.02. The highest BCUT2D eigenvalue weighted by Crippen LogP contribution is 2.18. The van der Waals surface area contributed by atoms with Crippen LogP contribution in [0.4, 0.5) is 0 Å². The molecule has 1 atom stereocenters. The van der Waals surface area contributed by atoms with Crippen molar-refractivity contribution < 1.29 is 4.74 Å². The summed E-state index contributed by atoms with van der Waals surface area (Å²) in [5, 5.41) is 6.85. The molecule has 1 fully saturated rings. The largest absolute Gasteiger partial charge is 0.380 e. The van der Waals surface area contributed by atoms with Crippen molar-refractivity contribution in [2.24, 2.45) is 0 Å². The van der Waals surface area contributed by atoms with E-state index < -0.39 is 0 Å².